The number of aromatic nitrogens is 1. The highest BCUT2D eigenvalue weighted by molar-refractivity contribution is 5.87. The number of methoxy groups -OCH3 is 1. The Labute approximate surface area is 95.2 Å². The SMILES string of the molecule is COc1nccc2cc(CCCN)ccc12. The van der Waals surface area contributed by atoms with Crippen LogP contribution < -0.4 is 10.5 Å². The van der Waals surface area contributed by atoms with Crippen molar-refractivity contribution in [2.75, 3.05) is 13.7 Å². The fourth-order valence-electron chi connectivity index (χ4n) is 1.82. The van der Waals surface area contributed by atoms with Crippen LogP contribution in [0.25, 0.3) is 10.8 Å². The summed E-state index contributed by atoms with van der Waals surface area (Å²) in [4.78, 5) is 4.17. The first-order valence-electron chi connectivity index (χ1n) is 5.47. The van der Waals surface area contributed by atoms with Crippen molar-refractivity contribution in [2.24, 2.45) is 5.73 Å². The molecule has 0 atom stereocenters. The van der Waals surface area contributed by atoms with Gasteiger partial charge in [0.25, 0.3) is 0 Å². The minimum absolute atomic E-state index is 0.683. The first-order chi connectivity index (χ1) is 7.85. The van der Waals surface area contributed by atoms with Crippen molar-refractivity contribution in [1.82, 2.24) is 4.98 Å². The lowest BCUT2D eigenvalue weighted by Crippen LogP contribution is -2.00. The summed E-state index contributed by atoms with van der Waals surface area (Å²) in [6.07, 6.45) is 3.82. The highest BCUT2D eigenvalue weighted by Crippen LogP contribution is 2.23. The zero-order valence-corrected chi connectivity index (χ0v) is 9.44. The molecule has 3 nitrogen and oxygen atoms in total. The second kappa shape index (κ2) is 4.94. The van der Waals surface area contributed by atoms with Gasteiger partial charge in [-0.05, 0) is 42.5 Å². The first-order valence-corrected chi connectivity index (χ1v) is 5.47. The average Bonchev–Trinajstić information content (AvgIpc) is 2.35. The van der Waals surface area contributed by atoms with E-state index in [0.29, 0.717) is 5.88 Å². The summed E-state index contributed by atoms with van der Waals surface area (Å²) < 4.78 is 5.22. The van der Waals surface area contributed by atoms with E-state index in [0.717, 1.165) is 24.8 Å². The molecule has 0 unspecified atom stereocenters. The van der Waals surface area contributed by atoms with Crippen molar-refractivity contribution in [3.05, 3.63) is 36.0 Å². The summed E-state index contributed by atoms with van der Waals surface area (Å²) in [5.41, 5.74) is 6.82. The van der Waals surface area contributed by atoms with E-state index < -0.39 is 0 Å². The van der Waals surface area contributed by atoms with E-state index in [2.05, 4.69) is 23.2 Å². The number of hydrogen-bond donors (Lipinski definition) is 1. The summed E-state index contributed by atoms with van der Waals surface area (Å²) in [7, 11) is 1.64. The Bertz CT molecular complexity index is 482. The van der Waals surface area contributed by atoms with Gasteiger partial charge in [-0.15, -0.1) is 0 Å². The quantitative estimate of drug-likeness (QED) is 0.851. The van der Waals surface area contributed by atoms with Crippen LogP contribution in [-0.4, -0.2) is 18.6 Å². The van der Waals surface area contributed by atoms with Crippen molar-refractivity contribution < 1.29 is 4.74 Å². The van der Waals surface area contributed by atoms with E-state index in [4.69, 9.17) is 10.5 Å². The third-order valence-electron chi connectivity index (χ3n) is 2.66. The van der Waals surface area contributed by atoms with Crippen molar-refractivity contribution in [1.29, 1.82) is 0 Å². The number of pyridine rings is 1. The van der Waals surface area contributed by atoms with Gasteiger partial charge >= 0.3 is 0 Å². The lowest BCUT2D eigenvalue weighted by atomic mass is 10.1. The standard InChI is InChI=1S/C13H16N2O/c1-16-13-12-5-4-10(3-2-7-14)9-11(12)6-8-15-13/h4-6,8-9H,2-3,7,14H2,1H3. The van der Waals surface area contributed by atoms with Gasteiger partial charge in [0.1, 0.15) is 0 Å². The molecule has 2 aromatic rings. The summed E-state index contributed by atoms with van der Waals surface area (Å²) in [5, 5.41) is 2.22. The van der Waals surface area contributed by atoms with Crippen molar-refractivity contribution in [3.8, 4) is 5.88 Å². The largest absolute Gasteiger partial charge is 0.481 e. The van der Waals surface area contributed by atoms with Gasteiger partial charge < -0.3 is 10.5 Å². The predicted molar refractivity (Wildman–Crippen MR) is 65.7 cm³/mol. The normalized spacial score (nSPS) is 10.6. The number of aryl methyl sites for hydroxylation is 1. The van der Waals surface area contributed by atoms with E-state index in [9.17, 15) is 0 Å². The highest BCUT2D eigenvalue weighted by atomic mass is 16.5. The van der Waals surface area contributed by atoms with E-state index in [-0.39, 0.29) is 0 Å². The van der Waals surface area contributed by atoms with Crippen LogP contribution in [0.3, 0.4) is 0 Å². The molecule has 3 heteroatoms. The van der Waals surface area contributed by atoms with Crippen LogP contribution >= 0.6 is 0 Å². The number of nitrogens with zero attached hydrogens (tertiary/aromatic N) is 1. The number of fused-ring (bicyclic) bond motifs is 1. The number of hydrogen-bond acceptors (Lipinski definition) is 3. The summed E-state index contributed by atoms with van der Waals surface area (Å²) >= 11 is 0. The highest BCUT2D eigenvalue weighted by Gasteiger charge is 2.02. The molecule has 0 saturated heterocycles. The Hall–Kier alpha value is -1.61. The van der Waals surface area contributed by atoms with Gasteiger partial charge in [0.15, 0.2) is 0 Å². The Morgan fingerprint density at radius 1 is 1.31 bits per heavy atom. The Morgan fingerprint density at radius 2 is 2.19 bits per heavy atom. The number of nitrogens with two attached hydrogens (primary N) is 1. The molecule has 0 aliphatic heterocycles. The van der Waals surface area contributed by atoms with Crippen LogP contribution in [0.2, 0.25) is 0 Å². The molecule has 0 aliphatic rings. The van der Waals surface area contributed by atoms with Gasteiger partial charge in [-0.1, -0.05) is 12.1 Å². The summed E-state index contributed by atoms with van der Waals surface area (Å²) in [5.74, 6) is 0.683. The number of rotatable bonds is 4. The van der Waals surface area contributed by atoms with Gasteiger partial charge in [0.05, 0.1) is 7.11 Å². The molecule has 0 aliphatic carbocycles. The first kappa shape index (κ1) is 10.9. The minimum Gasteiger partial charge on any atom is -0.481 e. The zero-order chi connectivity index (χ0) is 11.4. The smallest absolute Gasteiger partial charge is 0.221 e. The van der Waals surface area contributed by atoms with Crippen LogP contribution in [0.15, 0.2) is 30.5 Å². The molecule has 2 N–H and O–H groups in total. The molecule has 0 bridgehead atoms. The molecule has 0 amide bonds. The molecule has 1 aromatic carbocycles. The monoisotopic (exact) mass is 216 g/mol. The Morgan fingerprint density at radius 3 is 2.94 bits per heavy atom. The molecule has 84 valence electrons. The second-order valence-electron chi connectivity index (χ2n) is 3.77. The van der Waals surface area contributed by atoms with Crippen molar-refractivity contribution in [3.63, 3.8) is 0 Å². The lowest BCUT2D eigenvalue weighted by molar-refractivity contribution is 0.403. The maximum absolute atomic E-state index is 5.50. The maximum atomic E-state index is 5.50. The van der Waals surface area contributed by atoms with E-state index in [1.807, 2.05) is 6.07 Å². The zero-order valence-electron chi connectivity index (χ0n) is 9.44. The van der Waals surface area contributed by atoms with Gasteiger partial charge in [0.2, 0.25) is 5.88 Å². The van der Waals surface area contributed by atoms with Gasteiger partial charge in [-0.2, -0.15) is 0 Å². The molecule has 1 aromatic heterocycles. The minimum atomic E-state index is 0.683. The molecule has 0 fully saturated rings. The topological polar surface area (TPSA) is 48.1 Å². The molecular weight excluding hydrogens is 200 g/mol. The molecule has 0 radical (unpaired) electrons. The summed E-state index contributed by atoms with van der Waals surface area (Å²) in [6.45, 7) is 0.734. The second-order valence-corrected chi connectivity index (χ2v) is 3.77. The van der Waals surface area contributed by atoms with Crippen LogP contribution in [0.1, 0.15) is 12.0 Å². The molecule has 2 rings (SSSR count). The molecule has 0 spiro atoms. The third kappa shape index (κ3) is 2.14. The maximum Gasteiger partial charge on any atom is 0.221 e. The number of ether oxygens (including phenoxy) is 1. The predicted octanol–water partition coefficient (Wildman–Crippen LogP) is 2.13. The number of benzene rings is 1. The van der Waals surface area contributed by atoms with E-state index in [1.54, 1.807) is 13.3 Å². The van der Waals surface area contributed by atoms with Crippen LogP contribution in [-0.2, 0) is 6.42 Å². The summed E-state index contributed by atoms with van der Waals surface area (Å²) in [6, 6.07) is 8.36. The van der Waals surface area contributed by atoms with Crippen molar-refractivity contribution in [2.45, 2.75) is 12.8 Å². The van der Waals surface area contributed by atoms with Crippen LogP contribution in [0, 0.1) is 0 Å². The van der Waals surface area contributed by atoms with E-state index in [1.165, 1.54) is 10.9 Å². The fraction of sp³-hybridized carbons (Fsp3) is 0.308. The Balaban J connectivity index is 2.39. The van der Waals surface area contributed by atoms with Gasteiger partial charge in [-0.25, -0.2) is 4.98 Å². The third-order valence-corrected chi connectivity index (χ3v) is 2.66. The van der Waals surface area contributed by atoms with Crippen LogP contribution in [0.5, 0.6) is 5.88 Å². The van der Waals surface area contributed by atoms with Gasteiger partial charge in [-0.3, -0.25) is 0 Å². The average molecular weight is 216 g/mol. The molecule has 0 saturated carbocycles. The Kier molecular flexibility index (Phi) is 3.37. The van der Waals surface area contributed by atoms with Gasteiger partial charge in [0, 0.05) is 11.6 Å². The lowest BCUT2D eigenvalue weighted by Gasteiger charge is -2.06. The van der Waals surface area contributed by atoms with E-state index >= 15 is 0 Å². The van der Waals surface area contributed by atoms with Crippen molar-refractivity contribution >= 4 is 10.8 Å². The molecule has 1 heterocycles. The van der Waals surface area contributed by atoms with Crippen LogP contribution in [0.4, 0.5) is 0 Å². The fourth-order valence-corrected chi connectivity index (χ4v) is 1.82. The molecule has 16 heavy (non-hydrogen) atoms. The molecular formula is C13H16N2O.